The molecule has 19 heavy (non-hydrogen) atoms. The Labute approximate surface area is 118 Å². The number of aryl methyl sites for hydroxylation is 2. The molecule has 0 saturated carbocycles. The van der Waals surface area contributed by atoms with Crippen molar-refractivity contribution in [2.24, 2.45) is 0 Å². The number of benzene rings is 2. The SMILES string of the molecule is CC(=O)c1cc(Cl)ccc1Oc1cc(C)cc(C)c1. The van der Waals surface area contributed by atoms with Gasteiger partial charge < -0.3 is 4.74 Å². The van der Waals surface area contributed by atoms with Gasteiger partial charge in [0.25, 0.3) is 0 Å². The molecular formula is C16H15ClO2. The number of Topliss-reactive ketones (excluding diaryl/α,β-unsaturated/α-hetero) is 1. The van der Waals surface area contributed by atoms with Crippen molar-refractivity contribution < 1.29 is 9.53 Å². The van der Waals surface area contributed by atoms with Gasteiger partial charge in [0.2, 0.25) is 0 Å². The first-order valence-corrected chi connectivity index (χ1v) is 6.40. The molecule has 0 unspecified atom stereocenters. The number of carbonyl (C=O) groups is 1. The number of rotatable bonds is 3. The molecule has 0 spiro atoms. The molecule has 0 aromatic heterocycles. The first-order valence-electron chi connectivity index (χ1n) is 6.02. The normalized spacial score (nSPS) is 10.3. The Balaban J connectivity index is 2.40. The van der Waals surface area contributed by atoms with Gasteiger partial charge in [0.1, 0.15) is 11.5 Å². The highest BCUT2D eigenvalue weighted by Crippen LogP contribution is 2.29. The van der Waals surface area contributed by atoms with Gasteiger partial charge in [-0.25, -0.2) is 0 Å². The quantitative estimate of drug-likeness (QED) is 0.740. The fourth-order valence-electron chi connectivity index (χ4n) is 1.99. The summed E-state index contributed by atoms with van der Waals surface area (Å²) in [5.74, 6) is 1.19. The maximum absolute atomic E-state index is 11.6. The van der Waals surface area contributed by atoms with Crippen LogP contribution in [0.2, 0.25) is 5.02 Å². The van der Waals surface area contributed by atoms with Gasteiger partial charge in [0.05, 0.1) is 5.56 Å². The third-order valence-electron chi connectivity index (χ3n) is 2.74. The van der Waals surface area contributed by atoms with Gasteiger partial charge in [-0.15, -0.1) is 0 Å². The molecule has 3 heteroatoms. The van der Waals surface area contributed by atoms with E-state index in [-0.39, 0.29) is 5.78 Å². The smallest absolute Gasteiger partial charge is 0.163 e. The maximum Gasteiger partial charge on any atom is 0.163 e. The Morgan fingerprint density at radius 1 is 1.05 bits per heavy atom. The number of hydrogen-bond donors (Lipinski definition) is 0. The Bertz CT molecular complexity index is 612. The molecule has 0 saturated heterocycles. The average Bonchev–Trinajstić information content (AvgIpc) is 2.30. The van der Waals surface area contributed by atoms with Crippen molar-refractivity contribution in [3.63, 3.8) is 0 Å². The largest absolute Gasteiger partial charge is 0.457 e. The highest BCUT2D eigenvalue weighted by molar-refractivity contribution is 6.31. The highest BCUT2D eigenvalue weighted by Gasteiger charge is 2.10. The second-order valence-electron chi connectivity index (χ2n) is 4.62. The van der Waals surface area contributed by atoms with Crippen LogP contribution in [0.5, 0.6) is 11.5 Å². The summed E-state index contributed by atoms with van der Waals surface area (Å²) >= 11 is 5.91. The molecule has 98 valence electrons. The third kappa shape index (κ3) is 3.36. The topological polar surface area (TPSA) is 26.3 Å². The highest BCUT2D eigenvalue weighted by atomic mass is 35.5. The molecule has 2 aromatic carbocycles. The molecule has 0 fully saturated rings. The van der Waals surface area contributed by atoms with Crippen LogP contribution in [-0.2, 0) is 0 Å². The lowest BCUT2D eigenvalue weighted by molar-refractivity contribution is 0.101. The minimum Gasteiger partial charge on any atom is -0.457 e. The van der Waals surface area contributed by atoms with Gasteiger partial charge in [-0.1, -0.05) is 17.7 Å². The Hall–Kier alpha value is -1.80. The zero-order valence-electron chi connectivity index (χ0n) is 11.2. The Kier molecular flexibility index (Phi) is 3.91. The Morgan fingerprint density at radius 3 is 2.26 bits per heavy atom. The molecule has 0 atom stereocenters. The van der Waals surface area contributed by atoms with Crippen LogP contribution in [0.1, 0.15) is 28.4 Å². The fraction of sp³-hybridized carbons (Fsp3) is 0.188. The van der Waals surface area contributed by atoms with E-state index >= 15 is 0 Å². The molecule has 0 radical (unpaired) electrons. The molecule has 0 heterocycles. The van der Waals surface area contributed by atoms with Crippen LogP contribution >= 0.6 is 11.6 Å². The monoisotopic (exact) mass is 274 g/mol. The fourth-order valence-corrected chi connectivity index (χ4v) is 2.16. The number of ether oxygens (including phenoxy) is 1. The van der Waals surface area contributed by atoms with Crippen molar-refractivity contribution in [3.8, 4) is 11.5 Å². The van der Waals surface area contributed by atoms with E-state index in [9.17, 15) is 4.79 Å². The van der Waals surface area contributed by atoms with Crippen LogP contribution in [0.15, 0.2) is 36.4 Å². The molecule has 0 aliphatic heterocycles. The van der Waals surface area contributed by atoms with E-state index in [2.05, 4.69) is 6.07 Å². The van der Waals surface area contributed by atoms with Crippen molar-refractivity contribution >= 4 is 17.4 Å². The van der Waals surface area contributed by atoms with E-state index in [1.165, 1.54) is 6.92 Å². The van der Waals surface area contributed by atoms with Crippen LogP contribution in [-0.4, -0.2) is 5.78 Å². The minimum absolute atomic E-state index is 0.0677. The first-order chi connectivity index (χ1) is 8.95. The van der Waals surface area contributed by atoms with Crippen LogP contribution in [0.4, 0.5) is 0 Å². The van der Waals surface area contributed by atoms with E-state index in [0.29, 0.717) is 16.3 Å². The summed E-state index contributed by atoms with van der Waals surface area (Å²) < 4.78 is 5.81. The standard InChI is InChI=1S/C16H15ClO2/c1-10-6-11(2)8-14(7-10)19-16-5-4-13(17)9-15(16)12(3)18/h4-9H,1-3H3. The molecule has 0 amide bonds. The predicted octanol–water partition coefficient (Wildman–Crippen LogP) is 4.95. The van der Waals surface area contributed by atoms with Gasteiger partial charge in [0, 0.05) is 5.02 Å². The van der Waals surface area contributed by atoms with Crippen molar-refractivity contribution in [2.75, 3.05) is 0 Å². The first kappa shape index (κ1) is 13.6. The molecule has 0 bridgehead atoms. The van der Waals surface area contributed by atoms with E-state index in [1.54, 1.807) is 18.2 Å². The Morgan fingerprint density at radius 2 is 1.68 bits per heavy atom. The van der Waals surface area contributed by atoms with Crippen molar-refractivity contribution in [3.05, 3.63) is 58.1 Å². The van der Waals surface area contributed by atoms with E-state index < -0.39 is 0 Å². The lowest BCUT2D eigenvalue weighted by Crippen LogP contribution is -1.97. The van der Waals surface area contributed by atoms with Crippen LogP contribution < -0.4 is 4.74 Å². The summed E-state index contributed by atoms with van der Waals surface area (Å²) in [4.78, 5) is 11.6. The third-order valence-corrected chi connectivity index (χ3v) is 2.98. The summed E-state index contributed by atoms with van der Waals surface area (Å²) in [5.41, 5.74) is 2.73. The maximum atomic E-state index is 11.6. The number of hydrogen-bond acceptors (Lipinski definition) is 2. The van der Waals surface area contributed by atoms with Gasteiger partial charge in [-0.3, -0.25) is 4.79 Å². The molecule has 0 N–H and O–H groups in total. The number of halogens is 1. The van der Waals surface area contributed by atoms with Crippen molar-refractivity contribution in [1.82, 2.24) is 0 Å². The summed E-state index contributed by atoms with van der Waals surface area (Å²) in [6.45, 7) is 5.52. The van der Waals surface area contributed by atoms with Crippen LogP contribution in [0.25, 0.3) is 0 Å². The van der Waals surface area contributed by atoms with Crippen molar-refractivity contribution in [2.45, 2.75) is 20.8 Å². The van der Waals surface area contributed by atoms with E-state index in [4.69, 9.17) is 16.3 Å². The zero-order valence-corrected chi connectivity index (χ0v) is 11.9. The van der Waals surface area contributed by atoms with Gasteiger partial charge >= 0.3 is 0 Å². The predicted molar refractivity (Wildman–Crippen MR) is 77.4 cm³/mol. The van der Waals surface area contributed by atoms with Gasteiger partial charge in [-0.2, -0.15) is 0 Å². The lowest BCUT2D eigenvalue weighted by Gasteiger charge is -2.11. The van der Waals surface area contributed by atoms with E-state index in [0.717, 1.165) is 16.9 Å². The zero-order chi connectivity index (χ0) is 14.0. The molecule has 2 rings (SSSR count). The average molecular weight is 275 g/mol. The summed E-state index contributed by atoms with van der Waals surface area (Å²) in [6, 6.07) is 11.0. The lowest BCUT2D eigenvalue weighted by atomic mass is 10.1. The summed E-state index contributed by atoms with van der Waals surface area (Å²) in [7, 11) is 0. The van der Waals surface area contributed by atoms with Gasteiger partial charge in [-0.05, 0) is 62.2 Å². The number of carbonyl (C=O) groups excluding carboxylic acids is 1. The number of ketones is 1. The van der Waals surface area contributed by atoms with Crippen LogP contribution in [0, 0.1) is 13.8 Å². The molecule has 2 nitrogen and oxygen atoms in total. The van der Waals surface area contributed by atoms with Gasteiger partial charge in [0.15, 0.2) is 5.78 Å². The molecule has 2 aromatic rings. The molecular weight excluding hydrogens is 260 g/mol. The second-order valence-corrected chi connectivity index (χ2v) is 5.06. The summed E-state index contributed by atoms with van der Waals surface area (Å²) in [5, 5.41) is 0.526. The van der Waals surface area contributed by atoms with Crippen molar-refractivity contribution in [1.29, 1.82) is 0 Å². The van der Waals surface area contributed by atoms with E-state index in [1.807, 2.05) is 26.0 Å². The second kappa shape index (κ2) is 5.45. The summed E-state index contributed by atoms with van der Waals surface area (Å²) in [6.07, 6.45) is 0. The molecule has 0 aliphatic carbocycles. The minimum atomic E-state index is -0.0677. The van der Waals surface area contributed by atoms with Crippen LogP contribution in [0.3, 0.4) is 0 Å². The molecule has 0 aliphatic rings.